The summed E-state index contributed by atoms with van der Waals surface area (Å²) in [5, 5.41) is 7.31. The molecule has 3 fully saturated rings. The molecule has 1 aromatic rings. The molecule has 3 aliphatic rings. The highest BCUT2D eigenvalue weighted by Gasteiger charge is 2.23. The zero-order valence-electron chi connectivity index (χ0n) is 16.8. The van der Waals surface area contributed by atoms with Gasteiger partial charge in [0.1, 0.15) is 11.6 Å². The molecule has 7 nitrogen and oxygen atoms in total. The van der Waals surface area contributed by atoms with Crippen molar-refractivity contribution < 1.29 is 4.74 Å². The standard InChI is InChI=1S/C20H32N6OS/c1-15-6-4-5-9-26(15)18-14-17(25-10-12-27-13-11-25)22-19(23-18)24-20(28)21-16-7-2-3-8-16/h14-16H,2-13H2,1H3,(H2,21,22,23,24,28)/t15-/m1/s1. The third kappa shape index (κ3) is 4.84. The van der Waals surface area contributed by atoms with Gasteiger partial charge in [-0.15, -0.1) is 0 Å². The minimum absolute atomic E-state index is 0.476. The summed E-state index contributed by atoms with van der Waals surface area (Å²) in [5.74, 6) is 2.54. The third-order valence-electron chi connectivity index (χ3n) is 6.05. The molecular weight excluding hydrogens is 372 g/mol. The van der Waals surface area contributed by atoms with Crippen LogP contribution in [0.3, 0.4) is 0 Å². The van der Waals surface area contributed by atoms with Crippen LogP contribution in [-0.2, 0) is 4.74 Å². The number of thiocarbonyl (C=S) groups is 1. The second-order valence-electron chi connectivity index (χ2n) is 8.13. The van der Waals surface area contributed by atoms with Gasteiger partial charge >= 0.3 is 0 Å². The maximum absolute atomic E-state index is 5.55. The van der Waals surface area contributed by atoms with Crippen molar-refractivity contribution in [3.05, 3.63) is 6.07 Å². The van der Waals surface area contributed by atoms with Gasteiger partial charge in [0.05, 0.1) is 13.2 Å². The van der Waals surface area contributed by atoms with Crippen LogP contribution in [-0.4, -0.2) is 60.0 Å². The summed E-state index contributed by atoms with van der Waals surface area (Å²) in [6.45, 7) is 6.53. The van der Waals surface area contributed by atoms with Gasteiger partial charge in [0.15, 0.2) is 5.11 Å². The van der Waals surface area contributed by atoms with Crippen molar-refractivity contribution in [2.75, 3.05) is 48.0 Å². The van der Waals surface area contributed by atoms with E-state index in [-0.39, 0.29) is 0 Å². The number of nitrogens with one attached hydrogen (secondary N) is 2. The zero-order valence-corrected chi connectivity index (χ0v) is 17.6. The Labute approximate surface area is 173 Å². The largest absolute Gasteiger partial charge is 0.378 e. The average molecular weight is 405 g/mol. The van der Waals surface area contributed by atoms with Crippen molar-refractivity contribution >= 4 is 34.9 Å². The molecule has 4 rings (SSSR count). The molecule has 0 unspecified atom stereocenters. The van der Waals surface area contributed by atoms with Crippen LogP contribution >= 0.6 is 12.2 Å². The summed E-state index contributed by atoms with van der Waals surface area (Å²) in [7, 11) is 0. The lowest BCUT2D eigenvalue weighted by Crippen LogP contribution is -2.40. The molecule has 2 aliphatic heterocycles. The molecule has 0 radical (unpaired) electrons. The molecule has 1 atom stereocenters. The first-order valence-corrected chi connectivity index (χ1v) is 11.2. The molecule has 3 heterocycles. The molecule has 8 heteroatoms. The highest BCUT2D eigenvalue weighted by molar-refractivity contribution is 7.80. The molecule has 0 bridgehead atoms. The van der Waals surface area contributed by atoms with Crippen molar-refractivity contribution in [2.24, 2.45) is 0 Å². The molecule has 1 aliphatic carbocycles. The van der Waals surface area contributed by atoms with Crippen LogP contribution in [0, 0.1) is 0 Å². The van der Waals surface area contributed by atoms with Gasteiger partial charge < -0.3 is 25.2 Å². The van der Waals surface area contributed by atoms with Crippen LogP contribution < -0.4 is 20.4 Å². The van der Waals surface area contributed by atoms with Crippen molar-refractivity contribution in [2.45, 2.75) is 64.0 Å². The lowest BCUT2D eigenvalue weighted by atomic mass is 10.0. The lowest BCUT2D eigenvalue weighted by Gasteiger charge is -2.35. The minimum Gasteiger partial charge on any atom is -0.378 e. The van der Waals surface area contributed by atoms with Gasteiger partial charge in [-0.05, 0) is 51.2 Å². The maximum atomic E-state index is 5.55. The molecule has 2 N–H and O–H groups in total. The molecule has 154 valence electrons. The van der Waals surface area contributed by atoms with E-state index in [0.717, 1.165) is 44.5 Å². The Morgan fingerprint density at radius 3 is 2.50 bits per heavy atom. The molecule has 28 heavy (non-hydrogen) atoms. The highest BCUT2D eigenvalue weighted by Crippen LogP contribution is 2.27. The fourth-order valence-corrected chi connectivity index (χ4v) is 4.67. The number of morpholine rings is 1. The Kier molecular flexibility index (Phi) is 6.47. The fraction of sp³-hybridized carbons (Fsp3) is 0.750. The first-order chi connectivity index (χ1) is 13.7. The van der Waals surface area contributed by atoms with Crippen LogP contribution in [0.4, 0.5) is 17.6 Å². The predicted molar refractivity (Wildman–Crippen MR) is 117 cm³/mol. The zero-order chi connectivity index (χ0) is 19.3. The number of aromatic nitrogens is 2. The summed E-state index contributed by atoms with van der Waals surface area (Å²) >= 11 is 5.55. The van der Waals surface area contributed by atoms with E-state index in [2.05, 4.69) is 33.4 Å². The minimum atomic E-state index is 0.476. The van der Waals surface area contributed by atoms with Gasteiger partial charge in [-0.2, -0.15) is 9.97 Å². The average Bonchev–Trinajstić information content (AvgIpc) is 3.21. The van der Waals surface area contributed by atoms with Crippen LogP contribution in [0.15, 0.2) is 6.07 Å². The Hall–Kier alpha value is -1.67. The van der Waals surface area contributed by atoms with Crippen molar-refractivity contribution in [3.8, 4) is 0 Å². The van der Waals surface area contributed by atoms with E-state index < -0.39 is 0 Å². The molecule has 2 saturated heterocycles. The fourth-order valence-electron chi connectivity index (χ4n) is 4.41. The van der Waals surface area contributed by atoms with Gasteiger partial charge in [0.2, 0.25) is 5.95 Å². The molecule has 1 saturated carbocycles. The van der Waals surface area contributed by atoms with Crippen LogP contribution in [0.5, 0.6) is 0 Å². The van der Waals surface area contributed by atoms with Crippen LogP contribution in [0.25, 0.3) is 0 Å². The van der Waals surface area contributed by atoms with Crippen molar-refractivity contribution in [1.82, 2.24) is 15.3 Å². The Balaban J connectivity index is 1.54. The van der Waals surface area contributed by atoms with E-state index in [9.17, 15) is 0 Å². The number of nitrogens with zero attached hydrogens (tertiary/aromatic N) is 4. The quantitative estimate of drug-likeness (QED) is 0.743. The number of rotatable bonds is 4. The van der Waals surface area contributed by atoms with Crippen molar-refractivity contribution in [3.63, 3.8) is 0 Å². The van der Waals surface area contributed by atoms with E-state index in [4.69, 9.17) is 26.9 Å². The summed E-state index contributed by atoms with van der Waals surface area (Å²) in [4.78, 5) is 14.3. The second kappa shape index (κ2) is 9.22. The Bertz CT molecular complexity index is 675. The molecule has 0 spiro atoms. The normalized spacial score (nSPS) is 23.7. The van der Waals surface area contributed by atoms with Gasteiger partial charge in [-0.3, -0.25) is 0 Å². The number of ether oxygens (including phenoxy) is 1. The number of anilines is 3. The SMILES string of the molecule is C[C@@H]1CCCCN1c1cc(N2CCOCC2)nc(NC(=S)NC2CCCC2)n1. The van der Waals surface area contributed by atoms with Crippen molar-refractivity contribution in [1.29, 1.82) is 0 Å². The van der Waals surface area contributed by atoms with E-state index in [0.29, 0.717) is 23.1 Å². The highest BCUT2D eigenvalue weighted by atomic mass is 32.1. The molecule has 0 aromatic carbocycles. The Morgan fingerprint density at radius 2 is 1.75 bits per heavy atom. The lowest BCUT2D eigenvalue weighted by molar-refractivity contribution is 0.122. The molecular formula is C20H32N6OS. The maximum Gasteiger partial charge on any atom is 0.232 e. The van der Waals surface area contributed by atoms with E-state index in [1.54, 1.807) is 0 Å². The third-order valence-corrected chi connectivity index (χ3v) is 6.27. The predicted octanol–water partition coefficient (Wildman–Crippen LogP) is 2.92. The summed E-state index contributed by atoms with van der Waals surface area (Å²) < 4.78 is 5.51. The molecule has 1 aromatic heterocycles. The summed E-state index contributed by atoms with van der Waals surface area (Å²) in [6.07, 6.45) is 8.65. The monoisotopic (exact) mass is 404 g/mol. The van der Waals surface area contributed by atoms with E-state index in [1.165, 1.54) is 44.9 Å². The first-order valence-electron chi connectivity index (χ1n) is 10.7. The van der Waals surface area contributed by atoms with Gasteiger partial charge in [-0.1, -0.05) is 12.8 Å². The Morgan fingerprint density at radius 1 is 1.04 bits per heavy atom. The second-order valence-corrected chi connectivity index (χ2v) is 8.53. The number of hydrogen-bond donors (Lipinski definition) is 2. The molecule has 0 amide bonds. The van der Waals surface area contributed by atoms with Gasteiger partial charge in [0.25, 0.3) is 0 Å². The van der Waals surface area contributed by atoms with E-state index >= 15 is 0 Å². The van der Waals surface area contributed by atoms with Gasteiger partial charge in [-0.25, -0.2) is 0 Å². The first kappa shape index (κ1) is 19.6. The summed E-state index contributed by atoms with van der Waals surface area (Å²) in [6, 6.07) is 3.10. The van der Waals surface area contributed by atoms with Crippen LogP contribution in [0.2, 0.25) is 0 Å². The van der Waals surface area contributed by atoms with E-state index in [1.807, 2.05) is 0 Å². The summed E-state index contributed by atoms with van der Waals surface area (Å²) in [5.41, 5.74) is 0. The topological polar surface area (TPSA) is 65.6 Å². The number of piperidine rings is 1. The van der Waals surface area contributed by atoms with Gasteiger partial charge in [0, 0.05) is 37.8 Å². The number of hydrogen-bond acceptors (Lipinski definition) is 6. The van der Waals surface area contributed by atoms with Crippen LogP contribution in [0.1, 0.15) is 51.9 Å². The smallest absolute Gasteiger partial charge is 0.232 e.